The third-order valence-corrected chi connectivity index (χ3v) is 4.70. The average molecular weight is 368 g/mol. The number of hydrogen-bond acceptors (Lipinski definition) is 3. The Balaban J connectivity index is 1.53. The number of carbonyl (C=O) groups is 1. The Kier molecular flexibility index (Phi) is 6.11. The summed E-state index contributed by atoms with van der Waals surface area (Å²) < 4.78 is 1.84. The topological polar surface area (TPSA) is 74.6 Å². The molecule has 1 saturated heterocycles. The van der Waals surface area contributed by atoms with Gasteiger partial charge in [0, 0.05) is 51.0 Å². The summed E-state index contributed by atoms with van der Waals surface area (Å²) in [4.78, 5) is 18.4. The van der Waals surface area contributed by atoms with Crippen molar-refractivity contribution in [2.24, 2.45) is 10.9 Å². The van der Waals surface area contributed by atoms with Crippen LogP contribution in [-0.4, -0.2) is 52.7 Å². The predicted molar refractivity (Wildman–Crippen MR) is 107 cm³/mol. The van der Waals surface area contributed by atoms with Gasteiger partial charge in [-0.25, -0.2) is 4.68 Å². The van der Waals surface area contributed by atoms with Crippen molar-refractivity contribution in [1.29, 1.82) is 0 Å². The van der Waals surface area contributed by atoms with Crippen LogP contribution in [0.25, 0.3) is 5.69 Å². The van der Waals surface area contributed by atoms with Gasteiger partial charge in [0.2, 0.25) is 5.91 Å². The van der Waals surface area contributed by atoms with Crippen molar-refractivity contribution in [3.8, 4) is 5.69 Å². The number of amides is 1. The molecule has 1 aromatic carbocycles. The largest absolute Gasteiger partial charge is 0.352 e. The van der Waals surface area contributed by atoms with Crippen molar-refractivity contribution >= 4 is 11.9 Å². The minimum absolute atomic E-state index is 0.0447. The molecule has 0 aliphatic carbocycles. The summed E-state index contributed by atoms with van der Waals surface area (Å²) in [6.45, 7) is 6.09. The van der Waals surface area contributed by atoms with Crippen molar-refractivity contribution in [3.05, 3.63) is 48.3 Å². The fourth-order valence-corrected chi connectivity index (χ4v) is 3.25. The quantitative estimate of drug-likeness (QED) is 0.623. The first kappa shape index (κ1) is 18.9. The van der Waals surface area contributed by atoms with E-state index in [0.717, 1.165) is 36.7 Å². The van der Waals surface area contributed by atoms with E-state index < -0.39 is 0 Å². The molecule has 0 saturated carbocycles. The van der Waals surface area contributed by atoms with Gasteiger partial charge < -0.3 is 15.5 Å². The Morgan fingerprint density at radius 1 is 1.37 bits per heavy atom. The van der Waals surface area contributed by atoms with Crippen LogP contribution in [0.4, 0.5) is 0 Å². The molecule has 0 radical (unpaired) electrons. The molecule has 2 N–H and O–H groups in total. The standard InChI is InChI=1S/C20H28N6O/c1-15(2)19(27)25-11-8-17(14-25)24-20(21-3)22-13-16-6-4-7-18(12-16)26-10-5-9-23-26/h4-7,9-10,12,15,17H,8,11,13-14H2,1-3H3,(H2,21,22,24). The van der Waals surface area contributed by atoms with E-state index in [9.17, 15) is 4.79 Å². The van der Waals surface area contributed by atoms with Crippen LogP contribution in [0.5, 0.6) is 0 Å². The van der Waals surface area contributed by atoms with Crippen LogP contribution in [0, 0.1) is 5.92 Å². The van der Waals surface area contributed by atoms with Gasteiger partial charge in [-0.3, -0.25) is 9.79 Å². The first-order valence-corrected chi connectivity index (χ1v) is 9.41. The van der Waals surface area contributed by atoms with Gasteiger partial charge in [-0.05, 0) is 30.2 Å². The molecular formula is C20H28N6O. The van der Waals surface area contributed by atoms with Crippen molar-refractivity contribution in [2.45, 2.75) is 32.9 Å². The molecule has 1 aromatic heterocycles. The molecule has 0 bridgehead atoms. The van der Waals surface area contributed by atoms with Crippen LogP contribution in [0.15, 0.2) is 47.7 Å². The van der Waals surface area contributed by atoms with Crippen molar-refractivity contribution in [2.75, 3.05) is 20.1 Å². The smallest absolute Gasteiger partial charge is 0.225 e. The minimum atomic E-state index is 0.0447. The van der Waals surface area contributed by atoms with Crippen molar-refractivity contribution < 1.29 is 4.79 Å². The van der Waals surface area contributed by atoms with Crippen LogP contribution >= 0.6 is 0 Å². The molecule has 7 nitrogen and oxygen atoms in total. The number of aromatic nitrogens is 2. The van der Waals surface area contributed by atoms with Gasteiger partial charge in [0.15, 0.2) is 5.96 Å². The summed E-state index contributed by atoms with van der Waals surface area (Å²) in [5.41, 5.74) is 2.18. The van der Waals surface area contributed by atoms with E-state index in [-0.39, 0.29) is 17.9 Å². The molecule has 1 aliphatic heterocycles. The molecule has 3 rings (SSSR count). The maximum absolute atomic E-state index is 12.1. The van der Waals surface area contributed by atoms with E-state index in [0.29, 0.717) is 6.54 Å². The zero-order valence-corrected chi connectivity index (χ0v) is 16.2. The highest BCUT2D eigenvalue weighted by Gasteiger charge is 2.27. The van der Waals surface area contributed by atoms with E-state index in [1.54, 1.807) is 13.2 Å². The van der Waals surface area contributed by atoms with E-state index in [4.69, 9.17) is 0 Å². The molecule has 7 heteroatoms. The lowest BCUT2D eigenvalue weighted by atomic mass is 10.2. The lowest BCUT2D eigenvalue weighted by Gasteiger charge is -2.20. The summed E-state index contributed by atoms with van der Waals surface area (Å²) in [7, 11) is 1.77. The van der Waals surface area contributed by atoms with Crippen LogP contribution < -0.4 is 10.6 Å². The van der Waals surface area contributed by atoms with Crippen molar-refractivity contribution in [1.82, 2.24) is 25.3 Å². The molecule has 1 aliphatic rings. The molecule has 144 valence electrons. The third-order valence-electron chi connectivity index (χ3n) is 4.70. The van der Waals surface area contributed by atoms with E-state index in [1.807, 2.05) is 47.8 Å². The zero-order chi connectivity index (χ0) is 19.2. The number of benzene rings is 1. The Labute approximate surface area is 160 Å². The highest BCUT2D eigenvalue weighted by atomic mass is 16.2. The second kappa shape index (κ2) is 8.70. The van der Waals surface area contributed by atoms with Gasteiger partial charge >= 0.3 is 0 Å². The Morgan fingerprint density at radius 2 is 2.22 bits per heavy atom. The van der Waals surface area contributed by atoms with Gasteiger partial charge in [0.1, 0.15) is 0 Å². The number of hydrogen-bond donors (Lipinski definition) is 2. The third kappa shape index (κ3) is 4.87. The van der Waals surface area contributed by atoms with Crippen LogP contribution in [0.1, 0.15) is 25.8 Å². The van der Waals surface area contributed by atoms with Gasteiger partial charge in [0.05, 0.1) is 5.69 Å². The van der Waals surface area contributed by atoms with Gasteiger partial charge in [0.25, 0.3) is 0 Å². The first-order valence-electron chi connectivity index (χ1n) is 9.41. The summed E-state index contributed by atoms with van der Waals surface area (Å²) in [5.74, 6) is 1.02. The molecule has 27 heavy (non-hydrogen) atoms. The van der Waals surface area contributed by atoms with Crippen LogP contribution in [0.2, 0.25) is 0 Å². The molecule has 2 heterocycles. The maximum Gasteiger partial charge on any atom is 0.225 e. The maximum atomic E-state index is 12.1. The first-order chi connectivity index (χ1) is 13.1. The van der Waals surface area contributed by atoms with E-state index >= 15 is 0 Å². The Morgan fingerprint density at radius 3 is 2.93 bits per heavy atom. The summed E-state index contributed by atoms with van der Waals surface area (Å²) in [6, 6.07) is 10.4. The summed E-state index contributed by atoms with van der Waals surface area (Å²) in [6.07, 6.45) is 4.64. The van der Waals surface area contributed by atoms with Gasteiger partial charge in [-0.1, -0.05) is 26.0 Å². The fraction of sp³-hybridized carbons (Fsp3) is 0.450. The Bertz CT molecular complexity index is 784. The normalized spacial score (nSPS) is 17.4. The molecule has 1 unspecified atom stereocenters. The fourth-order valence-electron chi connectivity index (χ4n) is 3.25. The second-order valence-electron chi connectivity index (χ2n) is 7.12. The molecule has 1 amide bonds. The van der Waals surface area contributed by atoms with Crippen molar-refractivity contribution in [3.63, 3.8) is 0 Å². The number of rotatable bonds is 5. The number of likely N-dealkylation sites (tertiary alicyclic amines) is 1. The molecule has 1 fully saturated rings. The number of nitrogens with zero attached hydrogens (tertiary/aromatic N) is 4. The number of aliphatic imine (C=N–C) groups is 1. The van der Waals surface area contributed by atoms with Gasteiger partial charge in [-0.2, -0.15) is 5.10 Å². The Hall–Kier alpha value is -2.83. The summed E-state index contributed by atoms with van der Waals surface area (Å²) in [5, 5.41) is 11.1. The van der Waals surface area contributed by atoms with Crippen LogP contribution in [0.3, 0.4) is 0 Å². The molecule has 1 atom stereocenters. The van der Waals surface area contributed by atoms with Crippen LogP contribution in [-0.2, 0) is 11.3 Å². The highest BCUT2D eigenvalue weighted by molar-refractivity contribution is 5.81. The van der Waals surface area contributed by atoms with Gasteiger partial charge in [-0.15, -0.1) is 0 Å². The average Bonchev–Trinajstić information content (AvgIpc) is 3.36. The highest BCUT2D eigenvalue weighted by Crippen LogP contribution is 2.13. The lowest BCUT2D eigenvalue weighted by Crippen LogP contribution is -2.45. The number of carbonyl (C=O) groups excluding carboxylic acids is 1. The zero-order valence-electron chi connectivity index (χ0n) is 16.2. The monoisotopic (exact) mass is 368 g/mol. The minimum Gasteiger partial charge on any atom is -0.352 e. The SMILES string of the molecule is CN=C(NCc1cccc(-n2cccn2)c1)NC1CCN(C(=O)C(C)C)C1. The van der Waals surface area contributed by atoms with E-state index in [1.165, 1.54) is 0 Å². The second-order valence-corrected chi connectivity index (χ2v) is 7.12. The summed E-state index contributed by atoms with van der Waals surface area (Å²) >= 11 is 0. The van der Waals surface area contributed by atoms with E-state index in [2.05, 4.69) is 32.9 Å². The molecular weight excluding hydrogens is 340 g/mol. The lowest BCUT2D eigenvalue weighted by molar-refractivity contribution is -0.133. The molecule has 2 aromatic rings. The predicted octanol–water partition coefficient (Wildman–Crippen LogP) is 1.79. The molecule has 0 spiro atoms. The number of guanidine groups is 1. The number of nitrogens with one attached hydrogen (secondary N) is 2.